The van der Waals surface area contributed by atoms with Gasteiger partial charge < -0.3 is 15.0 Å². The van der Waals surface area contributed by atoms with Crippen LogP contribution in [0.15, 0.2) is 18.5 Å². The lowest BCUT2D eigenvalue weighted by molar-refractivity contribution is -0.151. The fourth-order valence-electron chi connectivity index (χ4n) is 2.03. The highest BCUT2D eigenvalue weighted by atomic mass is 35.5. The van der Waals surface area contributed by atoms with Crippen molar-refractivity contribution in [2.75, 3.05) is 0 Å². The van der Waals surface area contributed by atoms with E-state index in [2.05, 4.69) is 15.3 Å². The molecule has 7 heteroatoms. The maximum Gasteiger partial charge on any atom is 0.307 e. The molecule has 2 rings (SSSR count). The summed E-state index contributed by atoms with van der Waals surface area (Å²) in [7, 11) is 0. The van der Waals surface area contributed by atoms with E-state index in [9.17, 15) is 9.59 Å². The lowest BCUT2D eigenvalue weighted by Crippen LogP contribution is -2.38. The van der Waals surface area contributed by atoms with Gasteiger partial charge in [0.1, 0.15) is 5.65 Å². The molecule has 1 atom stereocenters. The highest BCUT2D eigenvalue weighted by molar-refractivity contribution is 6.35. The summed E-state index contributed by atoms with van der Waals surface area (Å²) in [5, 5.41) is 3.93. The van der Waals surface area contributed by atoms with Gasteiger partial charge >= 0.3 is 5.97 Å². The van der Waals surface area contributed by atoms with Crippen LogP contribution >= 0.6 is 11.6 Å². The number of aromatic nitrogens is 2. The molecule has 0 aliphatic heterocycles. The number of nitrogens with one attached hydrogen (secondary N) is 2. The Morgan fingerprint density at radius 1 is 1.52 bits per heavy atom. The van der Waals surface area contributed by atoms with Crippen LogP contribution in [0.25, 0.3) is 11.0 Å². The number of hydrogen-bond donors (Lipinski definition) is 2. The van der Waals surface area contributed by atoms with Crippen molar-refractivity contribution in [2.24, 2.45) is 0 Å². The molecule has 6 nitrogen and oxygen atoms in total. The number of halogens is 1. The van der Waals surface area contributed by atoms with E-state index >= 15 is 0 Å². The number of rotatable bonds is 5. The SMILES string of the molecule is CCC(=O)OC(Cc1c[nH]c2nccc(Cl)c12)NC(C)=O. The Balaban J connectivity index is 2.25. The van der Waals surface area contributed by atoms with E-state index < -0.39 is 6.23 Å². The van der Waals surface area contributed by atoms with E-state index in [1.165, 1.54) is 6.92 Å². The van der Waals surface area contributed by atoms with E-state index in [4.69, 9.17) is 16.3 Å². The summed E-state index contributed by atoms with van der Waals surface area (Å²) in [4.78, 5) is 29.9. The van der Waals surface area contributed by atoms with Crippen LogP contribution in [-0.2, 0) is 20.7 Å². The van der Waals surface area contributed by atoms with Crippen LogP contribution in [0, 0.1) is 0 Å². The van der Waals surface area contributed by atoms with Crippen LogP contribution in [0.4, 0.5) is 0 Å². The summed E-state index contributed by atoms with van der Waals surface area (Å²) in [6, 6.07) is 1.69. The molecule has 2 aromatic heterocycles. The number of fused-ring (bicyclic) bond motifs is 1. The third kappa shape index (κ3) is 3.72. The second-order valence-corrected chi connectivity index (χ2v) is 4.97. The highest BCUT2D eigenvalue weighted by Crippen LogP contribution is 2.26. The van der Waals surface area contributed by atoms with Crippen molar-refractivity contribution < 1.29 is 14.3 Å². The summed E-state index contributed by atoms with van der Waals surface area (Å²) in [6.45, 7) is 3.07. The second-order valence-electron chi connectivity index (χ2n) is 4.57. The number of aromatic amines is 1. The average Bonchev–Trinajstić information content (AvgIpc) is 2.82. The molecule has 0 bridgehead atoms. The Morgan fingerprint density at radius 2 is 2.29 bits per heavy atom. The Labute approximate surface area is 126 Å². The van der Waals surface area contributed by atoms with Gasteiger partial charge in [-0.05, 0) is 11.6 Å². The number of H-pyrrole nitrogens is 1. The molecule has 0 saturated carbocycles. The van der Waals surface area contributed by atoms with Gasteiger partial charge in [0.2, 0.25) is 5.91 Å². The topological polar surface area (TPSA) is 84.1 Å². The van der Waals surface area contributed by atoms with Crippen LogP contribution in [0.3, 0.4) is 0 Å². The highest BCUT2D eigenvalue weighted by Gasteiger charge is 2.18. The van der Waals surface area contributed by atoms with Crippen molar-refractivity contribution in [1.82, 2.24) is 15.3 Å². The molecule has 1 unspecified atom stereocenters. The molecule has 21 heavy (non-hydrogen) atoms. The monoisotopic (exact) mass is 309 g/mol. The second kappa shape index (κ2) is 6.58. The molecule has 2 heterocycles. The molecule has 0 fully saturated rings. The zero-order chi connectivity index (χ0) is 15.4. The first-order valence-electron chi connectivity index (χ1n) is 6.58. The minimum atomic E-state index is -0.731. The zero-order valence-corrected chi connectivity index (χ0v) is 12.5. The maximum absolute atomic E-state index is 11.4. The number of hydrogen-bond acceptors (Lipinski definition) is 4. The van der Waals surface area contributed by atoms with Gasteiger partial charge in [0.15, 0.2) is 6.23 Å². The Kier molecular flexibility index (Phi) is 4.80. The van der Waals surface area contributed by atoms with Crippen LogP contribution in [0.1, 0.15) is 25.8 Å². The van der Waals surface area contributed by atoms with Crippen molar-refractivity contribution in [3.63, 3.8) is 0 Å². The van der Waals surface area contributed by atoms with Gasteiger partial charge in [-0.15, -0.1) is 0 Å². The summed E-state index contributed by atoms with van der Waals surface area (Å²) in [5.74, 6) is -0.647. The van der Waals surface area contributed by atoms with E-state index in [0.717, 1.165) is 10.9 Å². The number of nitrogens with zero attached hydrogens (tertiary/aromatic N) is 1. The van der Waals surface area contributed by atoms with E-state index in [0.29, 0.717) is 17.1 Å². The number of carbonyl (C=O) groups is 2. The molecule has 0 radical (unpaired) electrons. The zero-order valence-electron chi connectivity index (χ0n) is 11.8. The lowest BCUT2D eigenvalue weighted by Gasteiger charge is -2.18. The quantitative estimate of drug-likeness (QED) is 0.655. The molecule has 2 N–H and O–H groups in total. The van der Waals surface area contributed by atoms with Crippen LogP contribution in [0.2, 0.25) is 5.02 Å². The van der Waals surface area contributed by atoms with Crippen molar-refractivity contribution in [2.45, 2.75) is 32.9 Å². The van der Waals surface area contributed by atoms with Gasteiger partial charge in [-0.1, -0.05) is 18.5 Å². The van der Waals surface area contributed by atoms with Gasteiger partial charge in [-0.2, -0.15) is 0 Å². The predicted octanol–water partition coefficient (Wildman–Crippen LogP) is 2.17. The summed E-state index contributed by atoms with van der Waals surface area (Å²) >= 11 is 6.17. The standard InChI is InChI=1S/C14H16ClN3O3/c1-3-12(20)21-11(18-8(2)19)6-9-7-17-14-13(9)10(15)4-5-16-14/h4-5,7,11H,3,6H2,1-2H3,(H,16,17)(H,18,19). The fraction of sp³-hybridized carbons (Fsp3) is 0.357. The number of carbonyl (C=O) groups excluding carboxylic acids is 2. The van der Waals surface area contributed by atoms with Crippen molar-refractivity contribution in [1.29, 1.82) is 0 Å². The summed E-state index contributed by atoms with van der Waals surface area (Å²) in [6.07, 6.45) is 3.18. The smallest absolute Gasteiger partial charge is 0.307 e. The summed E-state index contributed by atoms with van der Waals surface area (Å²) in [5.41, 5.74) is 1.48. The molecule has 0 aromatic carbocycles. The molecular formula is C14H16ClN3O3. The number of pyridine rings is 1. The molecule has 0 spiro atoms. The van der Waals surface area contributed by atoms with Gasteiger partial charge in [-0.25, -0.2) is 4.98 Å². The number of esters is 1. The first-order valence-corrected chi connectivity index (χ1v) is 6.96. The molecule has 112 valence electrons. The molecule has 0 aliphatic rings. The maximum atomic E-state index is 11.4. The van der Waals surface area contributed by atoms with E-state index in [-0.39, 0.29) is 18.3 Å². The Morgan fingerprint density at radius 3 is 2.95 bits per heavy atom. The van der Waals surface area contributed by atoms with Gasteiger partial charge in [-0.3, -0.25) is 9.59 Å². The predicted molar refractivity (Wildman–Crippen MR) is 78.8 cm³/mol. The Hall–Kier alpha value is -2.08. The van der Waals surface area contributed by atoms with E-state index in [1.807, 2.05) is 0 Å². The third-order valence-electron chi connectivity index (χ3n) is 2.94. The molecular weight excluding hydrogens is 294 g/mol. The molecule has 1 amide bonds. The van der Waals surface area contributed by atoms with Gasteiger partial charge in [0, 0.05) is 37.5 Å². The fourth-order valence-corrected chi connectivity index (χ4v) is 2.30. The third-order valence-corrected chi connectivity index (χ3v) is 3.25. The lowest BCUT2D eigenvalue weighted by atomic mass is 10.1. The summed E-state index contributed by atoms with van der Waals surface area (Å²) < 4.78 is 5.22. The van der Waals surface area contributed by atoms with Gasteiger partial charge in [0.25, 0.3) is 0 Å². The average molecular weight is 310 g/mol. The van der Waals surface area contributed by atoms with Crippen LogP contribution in [0.5, 0.6) is 0 Å². The minimum absolute atomic E-state index is 0.242. The first kappa shape index (κ1) is 15.3. The first-order chi connectivity index (χ1) is 10.0. The van der Waals surface area contributed by atoms with E-state index in [1.54, 1.807) is 25.4 Å². The molecule has 0 saturated heterocycles. The van der Waals surface area contributed by atoms with Gasteiger partial charge in [0.05, 0.1) is 5.02 Å². The van der Waals surface area contributed by atoms with Crippen LogP contribution in [-0.4, -0.2) is 28.1 Å². The molecule has 0 aliphatic carbocycles. The number of amides is 1. The Bertz CT molecular complexity index is 669. The normalized spacial score (nSPS) is 12.1. The van der Waals surface area contributed by atoms with Crippen molar-refractivity contribution in [3.05, 3.63) is 29.0 Å². The van der Waals surface area contributed by atoms with Crippen LogP contribution < -0.4 is 5.32 Å². The molecule has 2 aromatic rings. The minimum Gasteiger partial charge on any atom is -0.441 e. The number of ether oxygens (including phenoxy) is 1. The van der Waals surface area contributed by atoms with Crippen molar-refractivity contribution >= 4 is 34.5 Å². The largest absolute Gasteiger partial charge is 0.441 e. The van der Waals surface area contributed by atoms with Crippen molar-refractivity contribution in [3.8, 4) is 0 Å².